The van der Waals surface area contributed by atoms with Crippen molar-refractivity contribution in [3.05, 3.63) is 33.4 Å². The Kier molecular flexibility index (Phi) is 6.07. The third-order valence-electron chi connectivity index (χ3n) is 2.73. The maximum absolute atomic E-state index is 12.5. The molecule has 0 aliphatic carbocycles. The van der Waals surface area contributed by atoms with Gasteiger partial charge >= 0.3 is 0 Å². The lowest BCUT2D eigenvalue weighted by atomic mass is 10.1. The van der Waals surface area contributed by atoms with Gasteiger partial charge in [-0.15, -0.1) is 0 Å². The van der Waals surface area contributed by atoms with Crippen molar-refractivity contribution < 1.29 is 10.0 Å². The molecule has 104 valence electrons. The van der Waals surface area contributed by atoms with Gasteiger partial charge in [-0.25, -0.2) is 0 Å². The molecular formula is C13H18IN3O2. The first-order chi connectivity index (χ1) is 8.97. The standard InChI is InChI=1S/C13H18IN3O2/c1-9(2)17(8-7-12(15)16-19)13(18)10-5-3-4-6-11(10)14/h3-6,9,19H,7-8H2,1-2H3,(H2,15,16). The fourth-order valence-corrected chi connectivity index (χ4v) is 2.29. The minimum Gasteiger partial charge on any atom is -0.409 e. The van der Waals surface area contributed by atoms with E-state index >= 15 is 0 Å². The molecule has 3 N–H and O–H groups in total. The minimum atomic E-state index is -0.0364. The van der Waals surface area contributed by atoms with Gasteiger partial charge in [0.1, 0.15) is 5.84 Å². The smallest absolute Gasteiger partial charge is 0.255 e. The lowest BCUT2D eigenvalue weighted by molar-refractivity contribution is 0.0710. The van der Waals surface area contributed by atoms with E-state index in [9.17, 15) is 4.79 Å². The van der Waals surface area contributed by atoms with E-state index in [0.29, 0.717) is 18.5 Å². The van der Waals surface area contributed by atoms with Crippen LogP contribution in [-0.2, 0) is 0 Å². The van der Waals surface area contributed by atoms with Gasteiger partial charge in [-0.05, 0) is 48.6 Å². The highest BCUT2D eigenvalue weighted by Crippen LogP contribution is 2.15. The van der Waals surface area contributed by atoms with Gasteiger partial charge in [-0.3, -0.25) is 4.79 Å². The van der Waals surface area contributed by atoms with Gasteiger partial charge in [-0.2, -0.15) is 0 Å². The van der Waals surface area contributed by atoms with E-state index in [1.807, 2.05) is 38.1 Å². The third-order valence-corrected chi connectivity index (χ3v) is 3.67. The molecule has 0 unspecified atom stereocenters. The Hall–Kier alpha value is -1.31. The third kappa shape index (κ3) is 4.38. The molecule has 0 aliphatic rings. The topological polar surface area (TPSA) is 78.9 Å². The molecule has 0 saturated heterocycles. The molecule has 0 radical (unpaired) electrons. The number of carbonyl (C=O) groups excluding carboxylic acids is 1. The second kappa shape index (κ2) is 7.32. The van der Waals surface area contributed by atoms with Gasteiger partial charge < -0.3 is 15.8 Å². The summed E-state index contributed by atoms with van der Waals surface area (Å²) in [6.45, 7) is 4.32. The number of oxime groups is 1. The predicted octanol–water partition coefficient (Wildman–Crippen LogP) is 2.28. The maximum Gasteiger partial charge on any atom is 0.255 e. The molecule has 1 rings (SSSR count). The molecule has 0 spiro atoms. The van der Waals surface area contributed by atoms with Crippen molar-refractivity contribution in [3.8, 4) is 0 Å². The van der Waals surface area contributed by atoms with Crippen LogP contribution in [0, 0.1) is 3.57 Å². The van der Waals surface area contributed by atoms with Crippen molar-refractivity contribution >= 4 is 34.3 Å². The summed E-state index contributed by atoms with van der Waals surface area (Å²) in [6, 6.07) is 7.50. The molecule has 0 bridgehead atoms. The lowest BCUT2D eigenvalue weighted by Crippen LogP contribution is -2.39. The number of nitrogens with zero attached hydrogens (tertiary/aromatic N) is 2. The fourth-order valence-electron chi connectivity index (χ4n) is 1.67. The molecule has 0 fully saturated rings. The number of nitrogens with two attached hydrogens (primary N) is 1. The Bertz CT molecular complexity index is 475. The predicted molar refractivity (Wildman–Crippen MR) is 83.4 cm³/mol. The van der Waals surface area contributed by atoms with E-state index in [2.05, 4.69) is 27.7 Å². The first kappa shape index (κ1) is 15.7. The van der Waals surface area contributed by atoms with Crippen molar-refractivity contribution in [2.75, 3.05) is 6.54 Å². The van der Waals surface area contributed by atoms with E-state index < -0.39 is 0 Å². The Morgan fingerprint density at radius 2 is 2.11 bits per heavy atom. The van der Waals surface area contributed by atoms with Gasteiger partial charge in [0.05, 0.1) is 5.56 Å². The molecule has 1 amide bonds. The van der Waals surface area contributed by atoms with Crippen LogP contribution in [0.5, 0.6) is 0 Å². The van der Waals surface area contributed by atoms with Crippen LogP contribution in [0.3, 0.4) is 0 Å². The first-order valence-corrected chi connectivity index (χ1v) is 7.07. The largest absolute Gasteiger partial charge is 0.409 e. The highest BCUT2D eigenvalue weighted by molar-refractivity contribution is 14.1. The summed E-state index contributed by atoms with van der Waals surface area (Å²) < 4.78 is 0.916. The van der Waals surface area contributed by atoms with Gasteiger partial charge in [-0.1, -0.05) is 17.3 Å². The van der Waals surface area contributed by atoms with Crippen LogP contribution >= 0.6 is 22.6 Å². The molecule has 1 aromatic rings. The van der Waals surface area contributed by atoms with Gasteiger partial charge in [0, 0.05) is 22.6 Å². The zero-order valence-corrected chi connectivity index (χ0v) is 13.2. The zero-order valence-electron chi connectivity index (χ0n) is 11.0. The molecule has 5 nitrogen and oxygen atoms in total. The van der Waals surface area contributed by atoms with Crippen LogP contribution in [0.15, 0.2) is 29.4 Å². The van der Waals surface area contributed by atoms with Crippen LogP contribution in [0.25, 0.3) is 0 Å². The molecule has 1 aromatic carbocycles. The van der Waals surface area contributed by atoms with E-state index in [0.717, 1.165) is 3.57 Å². The Balaban J connectivity index is 2.88. The summed E-state index contributed by atoms with van der Waals surface area (Å²) in [5.41, 5.74) is 6.13. The van der Waals surface area contributed by atoms with E-state index in [1.165, 1.54) is 0 Å². The van der Waals surface area contributed by atoms with Gasteiger partial charge in [0.25, 0.3) is 5.91 Å². The highest BCUT2D eigenvalue weighted by Gasteiger charge is 2.20. The van der Waals surface area contributed by atoms with Crippen LogP contribution in [0.4, 0.5) is 0 Å². The Morgan fingerprint density at radius 1 is 1.47 bits per heavy atom. The molecule has 0 saturated carbocycles. The van der Waals surface area contributed by atoms with Crippen molar-refractivity contribution in [1.29, 1.82) is 0 Å². The molecular weight excluding hydrogens is 357 g/mol. The van der Waals surface area contributed by atoms with Gasteiger partial charge in [0.2, 0.25) is 0 Å². The van der Waals surface area contributed by atoms with Crippen LogP contribution in [0.1, 0.15) is 30.6 Å². The summed E-state index contributed by atoms with van der Waals surface area (Å²) in [5.74, 6) is 0.0898. The monoisotopic (exact) mass is 375 g/mol. The van der Waals surface area contributed by atoms with E-state index in [1.54, 1.807) is 4.90 Å². The maximum atomic E-state index is 12.5. The number of rotatable bonds is 5. The zero-order chi connectivity index (χ0) is 14.4. The number of benzene rings is 1. The summed E-state index contributed by atoms with van der Waals surface area (Å²) in [5, 5.41) is 11.5. The molecule has 0 aliphatic heterocycles. The highest BCUT2D eigenvalue weighted by atomic mass is 127. The van der Waals surface area contributed by atoms with Crippen molar-refractivity contribution in [1.82, 2.24) is 4.90 Å². The second-order valence-corrected chi connectivity index (χ2v) is 5.58. The summed E-state index contributed by atoms with van der Waals surface area (Å²) in [4.78, 5) is 14.2. The number of carbonyl (C=O) groups is 1. The number of hydrogen-bond acceptors (Lipinski definition) is 3. The van der Waals surface area contributed by atoms with Crippen molar-refractivity contribution in [2.24, 2.45) is 10.9 Å². The van der Waals surface area contributed by atoms with E-state index in [-0.39, 0.29) is 17.8 Å². The number of halogens is 1. The van der Waals surface area contributed by atoms with Crippen LogP contribution in [-0.4, -0.2) is 34.4 Å². The van der Waals surface area contributed by atoms with Crippen LogP contribution < -0.4 is 5.73 Å². The molecule has 19 heavy (non-hydrogen) atoms. The summed E-state index contributed by atoms with van der Waals surface area (Å²) in [7, 11) is 0. The quantitative estimate of drug-likeness (QED) is 0.273. The second-order valence-electron chi connectivity index (χ2n) is 4.41. The van der Waals surface area contributed by atoms with Crippen LogP contribution in [0.2, 0.25) is 0 Å². The Labute approximate surface area is 126 Å². The van der Waals surface area contributed by atoms with E-state index in [4.69, 9.17) is 10.9 Å². The normalized spacial score (nSPS) is 11.7. The molecule has 0 aromatic heterocycles. The summed E-state index contributed by atoms with van der Waals surface area (Å²) in [6.07, 6.45) is 0.351. The average Bonchev–Trinajstić information content (AvgIpc) is 2.38. The lowest BCUT2D eigenvalue weighted by Gasteiger charge is -2.27. The summed E-state index contributed by atoms with van der Waals surface area (Å²) >= 11 is 2.15. The first-order valence-electron chi connectivity index (χ1n) is 5.99. The minimum absolute atomic E-state index is 0.0364. The van der Waals surface area contributed by atoms with Crippen molar-refractivity contribution in [2.45, 2.75) is 26.3 Å². The average molecular weight is 375 g/mol. The van der Waals surface area contributed by atoms with Gasteiger partial charge in [0.15, 0.2) is 0 Å². The number of amidine groups is 1. The number of hydrogen-bond donors (Lipinski definition) is 2. The molecule has 0 atom stereocenters. The number of amides is 1. The van der Waals surface area contributed by atoms with Crippen molar-refractivity contribution in [3.63, 3.8) is 0 Å². The SMILES string of the molecule is CC(C)N(CC/C(N)=N/O)C(=O)c1ccccc1I. The molecule has 0 heterocycles. The fraction of sp³-hybridized carbons (Fsp3) is 0.385. The molecule has 6 heteroatoms. The Morgan fingerprint density at radius 3 is 2.63 bits per heavy atom.